The number of methoxy groups -OCH3 is 1. The molecule has 1 unspecified atom stereocenters. The van der Waals surface area contributed by atoms with E-state index >= 15 is 0 Å². The highest BCUT2D eigenvalue weighted by molar-refractivity contribution is 5.05. The van der Waals surface area contributed by atoms with E-state index in [2.05, 4.69) is 21.8 Å². The molecule has 0 fully saturated rings. The van der Waals surface area contributed by atoms with Crippen LogP contribution >= 0.6 is 0 Å². The molecule has 0 bridgehead atoms. The minimum Gasteiger partial charge on any atom is -0.383 e. The molecule has 3 N–H and O–H groups in total. The van der Waals surface area contributed by atoms with Gasteiger partial charge in [0.1, 0.15) is 0 Å². The fraction of sp³-hybridized carbons (Fsp3) is 0.700. The van der Waals surface area contributed by atoms with Gasteiger partial charge in [-0.3, -0.25) is 0 Å². The average Bonchev–Trinajstić information content (AvgIpc) is 2.72. The number of aromatic nitrogens is 2. The van der Waals surface area contributed by atoms with Gasteiger partial charge >= 0.3 is 0 Å². The Balaban J connectivity index is 2.57. The fourth-order valence-corrected chi connectivity index (χ4v) is 1.53. The van der Waals surface area contributed by atoms with E-state index in [1.807, 2.05) is 12.5 Å². The molecule has 0 spiro atoms. The molecule has 1 aromatic rings. The van der Waals surface area contributed by atoms with Crippen molar-refractivity contribution >= 4 is 0 Å². The lowest BCUT2D eigenvalue weighted by molar-refractivity contribution is 0.195. The maximum Gasteiger partial charge on any atom is 0.0948 e. The van der Waals surface area contributed by atoms with Gasteiger partial charge in [0.2, 0.25) is 0 Å². The summed E-state index contributed by atoms with van der Waals surface area (Å²) < 4.78 is 7.08. The standard InChI is InChI=1S/C10H20N4O/c1-3-14-8-12-7-10(14)9(6-11)13-4-5-15-2/h7-9,13H,3-6,11H2,1-2H3. The van der Waals surface area contributed by atoms with E-state index in [-0.39, 0.29) is 6.04 Å². The lowest BCUT2D eigenvalue weighted by Crippen LogP contribution is -2.32. The van der Waals surface area contributed by atoms with Crippen molar-refractivity contribution in [2.45, 2.75) is 19.5 Å². The second-order valence-corrected chi connectivity index (χ2v) is 3.34. The highest BCUT2D eigenvalue weighted by atomic mass is 16.5. The van der Waals surface area contributed by atoms with Gasteiger partial charge in [0.25, 0.3) is 0 Å². The van der Waals surface area contributed by atoms with Crippen molar-refractivity contribution in [1.29, 1.82) is 0 Å². The predicted molar refractivity (Wildman–Crippen MR) is 59.6 cm³/mol. The number of hydrogen-bond donors (Lipinski definition) is 2. The Morgan fingerprint density at radius 1 is 1.67 bits per heavy atom. The fourth-order valence-electron chi connectivity index (χ4n) is 1.53. The summed E-state index contributed by atoms with van der Waals surface area (Å²) in [4.78, 5) is 4.13. The summed E-state index contributed by atoms with van der Waals surface area (Å²) in [5, 5.41) is 3.34. The number of nitrogens with one attached hydrogen (secondary N) is 1. The van der Waals surface area contributed by atoms with Crippen LogP contribution in [0.15, 0.2) is 12.5 Å². The number of imidazole rings is 1. The van der Waals surface area contributed by atoms with E-state index in [0.29, 0.717) is 13.2 Å². The Hall–Kier alpha value is -0.910. The van der Waals surface area contributed by atoms with Crippen LogP contribution in [0, 0.1) is 0 Å². The summed E-state index contributed by atoms with van der Waals surface area (Å²) in [7, 11) is 1.69. The van der Waals surface area contributed by atoms with Crippen molar-refractivity contribution in [2.75, 3.05) is 26.8 Å². The summed E-state index contributed by atoms with van der Waals surface area (Å²) in [6.07, 6.45) is 3.69. The van der Waals surface area contributed by atoms with Crippen LogP contribution in [0.5, 0.6) is 0 Å². The van der Waals surface area contributed by atoms with Crippen LogP contribution in [0.3, 0.4) is 0 Å². The van der Waals surface area contributed by atoms with Crippen molar-refractivity contribution in [1.82, 2.24) is 14.9 Å². The molecule has 5 heteroatoms. The third kappa shape index (κ3) is 3.30. The van der Waals surface area contributed by atoms with Crippen LogP contribution in [0.2, 0.25) is 0 Å². The molecule has 0 aliphatic carbocycles. The molecule has 1 aromatic heterocycles. The number of hydrogen-bond acceptors (Lipinski definition) is 4. The lowest BCUT2D eigenvalue weighted by atomic mass is 10.2. The van der Waals surface area contributed by atoms with Gasteiger partial charge in [-0.1, -0.05) is 0 Å². The highest BCUT2D eigenvalue weighted by Gasteiger charge is 2.12. The summed E-state index contributed by atoms with van der Waals surface area (Å²) >= 11 is 0. The van der Waals surface area contributed by atoms with Crippen LogP contribution in [0.25, 0.3) is 0 Å². The van der Waals surface area contributed by atoms with Gasteiger partial charge in [-0.15, -0.1) is 0 Å². The molecular formula is C10H20N4O. The Kier molecular flexibility index (Phi) is 5.31. The summed E-state index contributed by atoms with van der Waals surface area (Å²) in [6, 6.07) is 0.155. The molecule has 0 radical (unpaired) electrons. The summed E-state index contributed by atoms with van der Waals surface area (Å²) in [5.74, 6) is 0. The smallest absolute Gasteiger partial charge is 0.0948 e. The van der Waals surface area contributed by atoms with Crippen molar-refractivity contribution in [3.05, 3.63) is 18.2 Å². The third-order valence-electron chi connectivity index (χ3n) is 2.37. The zero-order valence-electron chi connectivity index (χ0n) is 9.44. The highest BCUT2D eigenvalue weighted by Crippen LogP contribution is 2.10. The zero-order valence-corrected chi connectivity index (χ0v) is 9.44. The molecule has 0 aliphatic rings. The molecule has 1 rings (SSSR count). The Morgan fingerprint density at radius 2 is 2.47 bits per heavy atom. The maximum atomic E-state index is 5.73. The maximum absolute atomic E-state index is 5.73. The minimum atomic E-state index is 0.155. The van der Waals surface area contributed by atoms with Crippen molar-refractivity contribution in [2.24, 2.45) is 5.73 Å². The van der Waals surface area contributed by atoms with Gasteiger partial charge in [0.15, 0.2) is 0 Å². The number of nitrogens with zero attached hydrogens (tertiary/aromatic N) is 2. The molecule has 86 valence electrons. The Morgan fingerprint density at radius 3 is 3.07 bits per heavy atom. The second kappa shape index (κ2) is 6.55. The largest absolute Gasteiger partial charge is 0.383 e. The first-order valence-electron chi connectivity index (χ1n) is 5.25. The molecule has 1 heterocycles. The zero-order chi connectivity index (χ0) is 11.1. The Bertz CT molecular complexity index is 274. The second-order valence-electron chi connectivity index (χ2n) is 3.34. The number of nitrogens with two attached hydrogens (primary N) is 1. The third-order valence-corrected chi connectivity index (χ3v) is 2.37. The molecule has 0 aliphatic heterocycles. The summed E-state index contributed by atoms with van der Waals surface area (Å²) in [5.41, 5.74) is 6.86. The molecule has 0 saturated carbocycles. The number of ether oxygens (including phenoxy) is 1. The number of aryl methyl sites for hydroxylation is 1. The normalized spacial score (nSPS) is 13.0. The molecule has 0 amide bonds. The predicted octanol–water partition coefficient (Wildman–Crippen LogP) is 0.139. The molecule has 1 atom stereocenters. The lowest BCUT2D eigenvalue weighted by Gasteiger charge is -2.17. The van der Waals surface area contributed by atoms with Gasteiger partial charge in [-0.25, -0.2) is 4.98 Å². The summed E-state index contributed by atoms with van der Waals surface area (Å²) in [6.45, 7) is 5.06. The van der Waals surface area contributed by atoms with Crippen molar-refractivity contribution < 1.29 is 4.74 Å². The van der Waals surface area contributed by atoms with Crippen LogP contribution in [-0.4, -0.2) is 36.4 Å². The Labute approximate surface area is 90.6 Å². The monoisotopic (exact) mass is 212 g/mol. The first-order chi connectivity index (χ1) is 7.33. The van der Waals surface area contributed by atoms with Gasteiger partial charge in [-0.05, 0) is 6.92 Å². The van der Waals surface area contributed by atoms with E-state index in [4.69, 9.17) is 10.5 Å². The van der Waals surface area contributed by atoms with Gasteiger partial charge < -0.3 is 20.4 Å². The SMILES string of the molecule is CCn1cncc1C(CN)NCCOC. The number of rotatable bonds is 7. The molecular weight excluding hydrogens is 192 g/mol. The van der Waals surface area contributed by atoms with Crippen LogP contribution in [0.1, 0.15) is 18.7 Å². The van der Waals surface area contributed by atoms with E-state index in [0.717, 1.165) is 18.8 Å². The average molecular weight is 212 g/mol. The minimum absolute atomic E-state index is 0.155. The van der Waals surface area contributed by atoms with Gasteiger partial charge in [0.05, 0.1) is 24.7 Å². The molecule has 15 heavy (non-hydrogen) atoms. The van der Waals surface area contributed by atoms with E-state index < -0.39 is 0 Å². The van der Waals surface area contributed by atoms with E-state index in [1.54, 1.807) is 7.11 Å². The first-order valence-corrected chi connectivity index (χ1v) is 5.25. The van der Waals surface area contributed by atoms with Crippen LogP contribution in [0.4, 0.5) is 0 Å². The molecule has 0 aromatic carbocycles. The topological polar surface area (TPSA) is 65.1 Å². The van der Waals surface area contributed by atoms with Crippen molar-refractivity contribution in [3.63, 3.8) is 0 Å². The van der Waals surface area contributed by atoms with E-state index in [9.17, 15) is 0 Å². The quantitative estimate of drug-likeness (QED) is 0.631. The van der Waals surface area contributed by atoms with Crippen LogP contribution in [-0.2, 0) is 11.3 Å². The van der Waals surface area contributed by atoms with Gasteiger partial charge in [0, 0.05) is 32.9 Å². The van der Waals surface area contributed by atoms with Gasteiger partial charge in [-0.2, -0.15) is 0 Å². The first kappa shape index (κ1) is 12.2. The van der Waals surface area contributed by atoms with E-state index in [1.165, 1.54) is 0 Å². The molecule has 0 saturated heterocycles. The molecule has 5 nitrogen and oxygen atoms in total. The van der Waals surface area contributed by atoms with Crippen LogP contribution < -0.4 is 11.1 Å². The van der Waals surface area contributed by atoms with Crippen molar-refractivity contribution in [3.8, 4) is 0 Å².